The number of ether oxygens (including phenoxy) is 3. The van der Waals surface area contributed by atoms with Crippen molar-refractivity contribution >= 4 is 22.4 Å². The molecule has 2 aromatic heterocycles. The van der Waals surface area contributed by atoms with Crippen LogP contribution in [0.3, 0.4) is 0 Å². The zero-order chi connectivity index (χ0) is 23.9. The fourth-order valence-electron chi connectivity index (χ4n) is 3.10. The van der Waals surface area contributed by atoms with Gasteiger partial charge in [-0.05, 0) is 43.3 Å². The second kappa shape index (κ2) is 10.9. The summed E-state index contributed by atoms with van der Waals surface area (Å²) in [4.78, 5) is 16.9. The summed E-state index contributed by atoms with van der Waals surface area (Å²) in [7, 11) is 1.60. The number of aromatic nitrogens is 3. The summed E-state index contributed by atoms with van der Waals surface area (Å²) in [6.07, 6.45) is 2.09. The number of anilines is 1. The van der Waals surface area contributed by atoms with Crippen molar-refractivity contribution in [3.05, 3.63) is 65.5 Å². The van der Waals surface area contributed by atoms with Crippen molar-refractivity contribution in [1.29, 1.82) is 0 Å². The lowest BCUT2D eigenvalue weighted by molar-refractivity contribution is 0.0916. The zero-order valence-corrected chi connectivity index (χ0v) is 19.8. The Morgan fingerprint density at radius 1 is 1.12 bits per heavy atom. The number of hydrogen-bond acceptors (Lipinski definition) is 9. The molecule has 0 aliphatic carbocycles. The van der Waals surface area contributed by atoms with Gasteiger partial charge < -0.3 is 18.6 Å². The number of nitrogens with one attached hydrogen (secondary N) is 1. The van der Waals surface area contributed by atoms with Crippen LogP contribution < -0.4 is 14.8 Å². The minimum atomic E-state index is -0.317. The molecule has 1 atom stereocenters. The molecule has 1 N–H and O–H groups in total. The first-order valence-electron chi connectivity index (χ1n) is 10.7. The summed E-state index contributed by atoms with van der Waals surface area (Å²) >= 11 is 1.34. The first-order valence-corrected chi connectivity index (χ1v) is 11.5. The van der Waals surface area contributed by atoms with Crippen molar-refractivity contribution < 1.29 is 23.4 Å². The highest BCUT2D eigenvalue weighted by molar-refractivity contribution is 7.13. The van der Waals surface area contributed by atoms with Gasteiger partial charge in [-0.3, -0.25) is 10.1 Å². The number of amides is 1. The highest BCUT2D eigenvalue weighted by Gasteiger charge is 2.14. The molecule has 0 unspecified atom stereocenters. The molecule has 0 aliphatic heterocycles. The molecular weight excluding hydrogens is 456 g/mol. The third-order valence-corrected chi connectivity index (χ3v) is 5.33. The molecule has 0 saturated carbocycles. The van der Waals surface area contributed by atoms with E-state index in [1.54, 1.807) is 49.0 Å². The third-order valence-electron chi connectivity index (χ3n) is 4.64. The van der Waals surface area contributed by atoms with Gasteiger partial charge in [-0.25, -0.2) is 4.98 Å². The Hall–Kier alpha value is -3.76. The third kappa shape index (κ3) is 5.97. The predicted molar refractivity (Wildman–Crippen MR) is 128 cm³/mol. The van der Waals surface area contributed by atoms with Crippen LogP contribution in [0.5, 0.6) is 17.2 Å². The van der Waals surface area contributed by atoms with Gasteiger partial charge in [0.1, 0.15) is 23.4 Å². The molecule has 0 bridgehead atoms. The molecule has 2 heterocycles. The number of methoxy groups -OCH3 is 1. The Labute approximate surface area is 200 Å². The Morgan fingerprint density at radius 3 is 2.59 bits per heavy atom. The van der Waals surface area contributed by atoms with Crippen LogP contribution >= 0.6 is 11.3 Å². The van der Waals surface area contributed by atoms with E-state index in [1.165, 1.54) is 11.3 Å². The molecule has 1 amide bonds. The summed E-state index contributed by atoms with van der Waals surface area (Å²) in [6, 6.07) is 12.3. The lowest BCUT2D eigenvalue weighted by Crippen LogP contribution is -2.18. The molecule has 4 aromatic rings. The second-order valence-electron chi connectivity index (χ2n) is 7.35. The number of rotatable bonds is 10. The molecule has 4 rings (SSSR count). The topological polar surface area (TPSA) is 109 Å². The van der Waals surface area contributed by atoms with Crippen LogP contribution in [0.15, 0.2) is 58.5 Å². The monoisotopic (exact) mass is 480 g/mol. The molecular formula is C24H24N4O5S. The number of thiazole rings is 1. The van der Waals surface area contributed by atoms with Crippen molar-refractivity contribution in [2.45, 2.75) is 26.4 Å². The molecule has 10 heteroatoms. The van der Waals surface area contributed by atoms with Crippen LogP contribution in [0.1, 0.15) is 30.1 Å². The summed E-state index contributed by atoms with van der Waals surface area (Å²) in [6.45, 7) is 4.24. The van der Waals surface area contributed by atoms with Gasteiger partial charge in [0.15, 0.2) is 5.13 Å². The van der Waals surface area contributed by atoms with Gasteiger partial charge in [-0.15, -0.1) is 21.5 Å². The van der Waals surface area contributed by atoms with Crippen molar-refractivity contribution in [1.82, 2.24) is 15.2 Å². The Bertz CT molecular complexity index is 1220. The first kappa shape index (κ1) is 23.4. The number of benzene rings is 2. The van der Waals surface area contributed by atoms with Gasteiger partial charge in [-0.2, -0.15) is 0 Å². The smallest absolute Gasteiger partial charge is 0.257 e. The molecule has 0 fully saturated rings. The van der Waals surface area contributed by atoms with Crippen molar-refractivity contribution in [2.24, 2.45) is 0 Å². The highest BCUT2D eigenvalue weighted by atomic mass is 32.1. The van der Waals surface area contributed by atoms with Crippen LogP contribution in [0.2, 0.25) is 0 Å². The maximum Gasteiger partial charge on any atom is 0.257 e. The number of hydrogen-bond donors (Lipinski definition) is 1. The van der Waals surface area contributed by atoms with Gasteiger partial charge in [0.2, 0.25) is 11.8 Å². The van der Waals surface area contributed by atoms with Crippen molar-refractivity contribution in [3.63, 3.8) is 0 Å². The number of nitrogens with zero attached hydrogens (tertiary/aromatic N) is 3. The zero-order valence-electron chi connectivity index (χ0n) is 19.0. The van der Waals surface area contributed by atoms with E-state index < -0.39 is 0 Å². The minimum absolute atomic E-state index is 0.211. The van der Waals surface area contributed by atoms with Gasteiger partial charge in [0, 0.05) is 42.3 Å². The van der Waals surface area contributed by atoms with Crippen LogP contribution in [-0.4, -0.2) is 40.9 Å². The number of carbonyl (C=O) groups is 1. The highest BCUT2D eigenvalue weighted by Crippen LogP contribution is 2.30. The first-order chi connectivity index (χ1) is 16.5. The summed E-state index contributed by atoms with van der Waals surface area (Å²) in [5, 5.41) is 13.1. The number of aryl methyl sites for hydroxylation is 1. The Kier molecular flexibility index (Phi) is 7.51. The average molecular weight is 481 g/mol. The van der Waals surface area contributed by atoms with Crippen molar-refractivity contribution in [3.8, 4) is 28.7 Å². The molecule has 34 heavy (non-hydrogen) atoms. The Balaban J connectivity index is 1.55. The quantitative estimate of drug-likeness (QED) is 0.329. The van der Waals surface area contributed by atoms with Gasteiger partial charge in [0.25, 0.3) is 5.91 Å². The van der Waals surface area contributed by atoms with E-state index in [0.29, 0.717) is 52.8 Å². The van der Waals surface area contributed by atoms with Crippen LogP contribution in [-0.2, 0) is 11.2 Å². The molecule has 0 radical (unpaired) electrons. The van der Waals surface area contributed by atoms with E-state index >= 15 is 0 Å². The maximum absolute atomic E-state index is 12.8. The molecule has 9 nitrogen and oxygen atoms in total. The van der Waals surface area contributed by atoms with Crippen LogP contribution in [0.25, 0.3) is 11.5 Å². The van der Waals surface area contributed by atoms with E-state index in [9.17, 15) is 4.79 Å². The number of carbonyl (C=O) groups excluding carboxylic acids is 1. The molecule has 0 aliphatic rings. The summed E-state index contributed by atoms with van der Waals surface area (Å²) < 4.78 is 22.7. The standard InChI is InChI=1S/C24H24N4O5S/c1-4-21-27-28-23(33-21)16-5-7-18(8-6-16)32-20-12-17(22(29)26-24-25-9-10-34-24)11-19(13-20)31-15(2)14-30-3/h5-13,15H,4,14H2,1-3H3,(H,25,26,29)/t15-/m0/s1. The lowest BCUT2D eigenvalue weighted by atomic mass is 10.1. The normalized spacial score (nSPS) is 11.7. The predicted octanol–water partition coefficient (Wildman–Crippen LogP) is 5.21. The van der Waals surface area contributed by atoms with Crippen molar-refractivity contribution in [2.75, 3.05) is 19.0 Å². The summed E-state index contributed by atoms with van der Waals surface area (Å²) in [5.74, 6) is 2.23. The fraction of sp³-hybridized carbons (Fsp3) is 0.250. The summed E-state index contributed by atoms with van der Waals surface area (Å²) in [5.41, 5.74) is 1.16. The van der Waals surface area contributed by atoms with Crippen LogP contribution in [0.4, 0.5) is 5.13 Å². The van der Waals surface area contributed by atoms with Crippen LogP contribution in [0, 0.1) is 0 Å². The SMILES string of the molecule is CCc1nnc(-c2ccc(Oc3cc(O[C@@H](C)COC)cc(C(=O)Nc4nccs4)c3)cc2)o1. The Morgan fingerprint density at radius 2 is 1.91 bits per heavy atom. The molecule has 0 saturated heterocycles. The minimum Gasteiger partial charge on any atom is -0.488 e. The van der Waals surface area contributed by atoms with E-state index in [1.807, 2.05) is 26.0 Å². The van der Waals surface area contributed by atoms with E-state index in [2.05, 4.69) is 20.5 Å². The second-order valence-corrected chi connectivity index (χ2v) is 8.24. The van der Waals surface area contributed by atoms with E-state index in [0.717, 1.165) is 5.56 Å². The largest absolute Gasteiger partial charge is 0.488 e. The van der Waals surface area contributed by atoms with Gasteiger partial charge in [-0.1, -0.05) is 6.92 Å². The maximum atomic E-state index is 12.8. The van der Waals surface area contributed by atoms with Gasteiger partial charge in [0.05, 0.1) is 6.61 Å². The van der Waals surface area contributed by atoms with E-state index in [-0.39, 0.29) is 12.0 Å². The molecule has 176 valence electrons. The molecule has 2 aromatic carbocycles. The van der Waals surface area contributed by atoms with E-state index in [4.69, 9.17) is 18.6 Å². The van der Waals surface area contributed by atoms with Gasteiger partial charge >= 0.3 is 0 Å². The average Bonchev–Trinajstić information content (AvgIpc) is 3.52. The lowest BCUT2D eigenvalue weighted by Gasteiger charge is -2.16. The molecule has 0 spiro atoms. The fourth-order valence-corrected chi connectivity index (χ4v) is 3.62.